The Labute approximate surface area is 129 Å². The van der Waals surface area contributed by atoms with E-state index in [4.69, 9.17) is 5.73 Å². The molecule has 2 atom stereocenters. The van der Waals surface area contributed by atoms with E-state index in [0.29, 0.717) is 17.9 Å². The summed E-state index contributed by atoms with van der Waals surface area (Å²) in [5, 5.41) is 2.96. The fourth-order valence-electron chi connectivity index (χ4n) is 1.78. The normalized spacial score (nSPS) is 14.5. The van der Waals surface area contributed by atoms with Crippen LogP contribution in [-0.2, 0) is 17.0 Å². The second-order valence-corrected chi connectivity index (χ2v) is 6.73. The molecular formula is C13H17F3N2OS2. The molecule has 0 spiro atoms. The number of hydrogen-bond donors (Lipinski definition) is 2. The highest BCUT2D eigenvalue weighted by Crippen LogP contribution is 2.34. The minimum absolute atomic E-state index is 0.0920. The monoisotopic (exact) mass is 338 g/mol. The van der Waals surface area contributed by atoms with Gasteiger partial charge in [0.05, 0.1) is 5.56 Å². The zero-order chi connectivity index (χ0) is 16.2. The molecule has 0 aliphatic rings. The fourth-order valence-corrected chi connectivity index (χ4v) is 2.65. The number of benzene rings is 1. The lowest BCUT2D eigenvalue weighted by Gasteiger charge is -2.18. The summed E-state index contributed by atoms with van der Waals surface area (Å²) < 4.78 is 50.0. The minimum Gasteiger partial charge on any atom is -0.389 e. The Hall–Kier alpha value is -1.15. The minimum atomic E-state index is -4.52. The smallest absolute Gasteiger partial charge is 0.389 e. The number of rotatable bonds is 6. The number of thiocarbonyl (C=S) groups is 1. The van der Waals surface area contributed by atoms with Gasteiger partial charge in [0, 0.05) is 40.1 Å². The van der Waals surface area contributed by atoms with Gasteiger partial charge in [-0.3, -0.25) is 4.21 Å². The third kappa shape index (κ3) is 5.62. The average molecular weight is 338 g/mol. The summed E-state index contributed by atoms with van der Waals surface area (Å²) in [6, 6.07) is 3.67. The zero-order valence-corrected chi connectivity index (χ0v) is 13.3. The number of hydrogen-bond acceptors (Lipinski definition) is 3. The summed E-state index contributed by atoms with van der Waals surface area (Å²) >= 11 is 4.64. The first kappa shape index (κ1) is 17.9. The molecule has 21 heavy (non-hydrogen) atoms. The second-order valence-electron chi connectivity index (χ2n) is 4.73. The van der Waals surface area contributed by atoms with Crippen LogP contribution in [0.1, 0.15) is 24.5 Å². The Balaban J connectivity index is 2.95. The van der Waals surface area contributed by atoms with Crippen molar-refractivity contribution >= 4 is 33.7 Å². The molecule has 0 saturated carbocycles. The molecule has 0 aromatic heterocycles. The van der Waals surface area contributed by atoms with Crippen LogP contribution < -0.4 is 11.1 Å². The van der Waals surface area contributed by atoms with Crippen molar-refractivity contribution in [3.05, 3.63) is 29.3 Å². The van der Waals surface area contributed by atoms with Crippen molar-refractivity contribution in [3.63, 3.8) is 0 Å². The molecular weight excluding hydrogens is 321 g/mol. The predicted molar refractivity (Wildman–Crippen MR) is 84.0 cm³/mol. The van der Waals surface area contributed by atoms with Crippen LogP contribution in [0.25, 0.3) is 0 Å². The van der Waals surface area contributed by atoms with Crippen LogP contribution in [0.2, 0.25) is 0 Å². The molecule has 1 rings (SSSR count). The van der Waals surface area contributed by atoms with E-state index in [2.05, 4.69) is 17.5 Å². The first-order valence-electron chi connectivity index (χ1n) is 6.19. The van der Waals surface area contributed by atoms with E-state index >= 15 is 0 Å². The van der Waals surface area contributed by atoms with Gasteiger partial charge >= 0.3 is 6.18 Å². The van der Waals surface area contributed by atoms with E-state index in [-0.39, 0.29) is 16.6 Å². The molecule has 3 N–H and O–H groups in total. The lowest BCUT2D eigenvalue weighted by atomic mass is 10.1. The highest BCUT2D eigenvalue weighted by atomic mass is 32.2. The van der Waals surface area contributed by atoms with Gasteiger partial charge in [-0.2, -0.15) is 13.2 Å². The summed E-state index contributed by atoms with van der Waals surface area (Å²) in [7, 11) is -0.926. The molecule has 2 unspecified atom stereocenters. The van der Waals surface area contributed by atoms with Crippen molar-refractivity contribution in [3.8, 4) is 0 Å². The Kier molecular flexibility index (Phi) is 6.15. The van der Waals surface area contributed by atoms with Crippen molar-refractivity contribution < 1.29 is 17.4 Å². The van der Waals surface area contributed by atoms with E-state index in [1.807, 2.05) is 6.92 Å². The van der Waals surface area contributed by atoms with E-state index < -0.39 is 22.5 Å². The SMILES string of the molecule is CC(CCS(C)=O)Nc1ccc(C(N)=S)c(C(F)(F)F)c1. The highest BCUT2D eigenvalue weighted by molar-refractivity contribution is 7.84. The standard InChI is InChI=1S/C13H17F3N2OS2/c1-8(5-6-21(2)19)18-9-3-4-10(12(17)20)11(7-9)13(14,15)16/h3-4,7-8,18H,5-6H2,1-2H3,(H2,17,20). The lowest BCUT2D eigenvalue weighted by molar-refractivity contribution is -0.137. The van der Waals surface area contributed by atoms with Crippen LogP contribution in [-0.4, -0.2) is 27.2 Å². The summed E-state index contributed by atoms with van der Waals surface area (Å²) in [6.45, 7) is 1.82. The van der Waals surface area contributed by atoms with Crippen molar-refractivity contribution in [1.29, 1.82) is 0 Å². The van der Waals surface area contributed by atoms with Crippen LogP contribution in [0.4, 0.5) is 18.9 Å². The van der Waals surface area contributed by atoms with E-state index in [9.17, 15) is 17.4 Å². The van der Waals surface area contributed by atoms with E-state index in [1.54, 1.807) is 6.26 Å². The fraction of sp³-hybridized carbons (Fsp3) is 0.462. The molecule has 3 nitrogen and oxygen atoms in total. The Morgan fingerprint density at radius 3 is 2.57 bits per heavy atom. The van der Waals surface area contributed by atoms with Gasteiger partial charge < -0.3 is 11.1 Å². The van der Waals surface area contributed by atoms with Gasteiger partial charge in [-0.15, -0.1) is 0 Å². The Morgan fingerprint density at radius 1 is 1.48 bits per heavy atom. The van der Waals surface area contributed by atoms with Crippen LogP contribution in [0.5, 0.6) is 0 Å². The second kappa shape index (κ2) is 7.22. The largest absolute Gasteiger partial charge is 0.417 e. The number of anilines is 1. The van der Waals surface area contributed by atoms with Crippen LogP contribution in [0.3, 0.4) is 0 Å². The maximum Gasteiger partial charge on any atom is 0.417 e. The zero-order valence-electron chi connectivity index (χ0n) is 11.7. The van der Waals surface area contributed by atoms with Crippen molar-refractivity contribution in [2.24, 2.45) is 5.73 Å². The highest BCUT2D eigenvalue weighted by Gasteiger charge is 2.34. The van der Waals surface area contributed by atoms with Gasteiger partial charge in [-0.05, 0) is 31.5 Å². The number of alkyl halides is 3. The van der Waals surface area contributed by atoms with Crippen LogP contribution in [0.15, 0.2) is 18.2 Å². The molecule has 0 fully saturated rings. The predicted octanol–water partition coefficient (Wildman–Crippen LogP) is 2.91. The number of halogens is 3. The molecule has 1 aromatic carbocycles. The van der Waals surface area contributed by atoms with Gasteiger partial charge in [0.15, 0.2) is 0 Å². The first-order valence-corrected chi connectivity index (χ1v) is 8.32. The van der Waals surface area contributed by atoms with Crippen LogP contribution >= 0.6 is 12.2 Å². The average Bonchev–Trinajstić information content (AvgIpc) is 2.35. The van der Waals surface area contributed by atoms with Gasteiger partial charge in [0.25, 0.3) is 0 Å². The topological polar surface area (TPSA) is 55.1 Å². The maximum absolute atomic E-state index is 13.0. The molecule has 0 bridgehead atoms. The molecule has 118 valence electrons. The van der Waals surface area contributed by atoms with Crippen molar-refractivity contribution in [2.75, 3.05) is 17.3 Å². The Bertz CT molecular complexity index is 547. The van der Waals surface area contributed by atoms with E-state index in [0.717, 1.165) is 6.07 Å². The molecule has 0 radical (unpaired) electrons. The van der Waals surface area contributed by atoms with Gasteiger partial charge in [-0.25, -0.2) is 0 Å². The molecule has 8 heteroatoms. The summed E-state index contributed by atoms with van der Waals surface area (Å²) in [5.41, 5.74) is 4.61. The molecule has 0 amide bonds. The summed E-state index contributed by atoms with van der Waals surface area (Å²) in [4.78, 5) is -0.289. The molecule has 0 heterocycles. The van der Waals surface area contributed by atoms with Crippen molar-refractivity contribution in [2.45, 2.75) is 25.6 Å². The van der Waals surface area contributed by atoms with Crippen molar-refractivity contribution in [1.82, 2.24) is 0 Å². The molecule has 0 aliphatic heterocycles. The third-order valence-corrected chi connectivity index (χ3v) is 3.87. The third-order valence-electron chi connectivity index (χ3n) is 2.84. The van der Waals surface area contributed by atoms with Gasteiger partial charge in [0.2, 0.25) is 0 Å². The quantitative estimate of drug-likeness (QED) is 0.783. The maximum atomic E-state index is 13.0. The molecule has 0 aliphatic carbocycles. The Morgan fingerprint density at radius 2 is 2.10 bits per heavy atom. The van der Waals surface area contributed by atoms with Gasteiger partial charge in [-0.1, -0.05) is 12.2 Å². The van der Waals surface area contributed by atoms with E-state index in [1.165, 1.54) is 12.1 Å². The first-order chi connectivity index (χ1) is 9.61. The lowest BCUT2D eigenvalue weighted by Crippen LogP contribution is -2.21. The number of nitrogens with two attached hydrogens (primary N) is 1. The number of nitrogens with one attached hydrogen (secondary N) is 1. The molecule has 1 aromatic rings. The van der Waals surface area contributed by atoms with Crippen LogP contribution in [0, 0.1) is 0 Å². The summed E-state index contributed by atoms with van der Waals surface area (Å²) in [5.74, 6) is 0.491. The molecule has 0 saturated heterocycles. The van der Waals surface area contributed by atoms with Gasteiger partial charge in [0.1, 0.15) is 4.99 Å². The summed E-state index contributed by atoms with van der Waals surface area (Å²) in [6.07, 6.45) is -2.34.